The van der Waals surface area contributed by atoms with Crippen LogP contribution in [0, 0.1) is 5.41 Å². The molecule has 0 aromatic heterocycles. The van der Waals surface area contributed by atoms with Gasteiger partial charge in [0, 0.05) is 18.6 Å². The van der Waals surface area contributed by atoms with Gasteiger partial charge in [-0.05, 0) is 19.3 Å². The van der Waals surface area contributed by atoms with Gasteiger partial charge in [0.25, 0.3) is 0 Å². The molecule has 0 aromatic rings. The van der Waals surface area contributed by atoms with E-state index in [9.17, 15) is 8.42 Å². The van der Waals surface area contributed by atoms with E-state index in [1.54, 1.807) is 6.08 Å². The van der Waals surface area contributed by atoms with Crippen molar-refractivity contribution >= 4 is 10.0 Å². The molecule has 0 atom stereocenters. The summed E-state index contributed by atoms with van der Waals surface area (Å²) in [6, 6.07) is 0. The van der Waals surface area contributed by atoms with Gasteiger partial charge in [-0.3, -0.25) is 0 Å². The Hall–Kier alpha value is -0.390. The molecule has 1 saturated carbocycles. The third kappa shape index (κ3) is 3.40. The van der Waals surface area contributed by atoms with Gasteiger partial charge in [-0.2, -0.15) is 0 Å². The first-order valence-electron chi connectivity index (χ1n) is 4.73. The van der Waals surface area contributed by atoms with E-state index in [0.29, 0.717) is 13.0 Å². The molecule has 0 spiro atoms. The smallest absolute Gasteiger partial charge is 0.211 e. The van der Waals surface area contributed by atoms with Crippen molar-refractivity contribution in [2.45, 2.75) is 19.3 Å². The normalized spacial score (nSPS) is 19.2. The van der Waals surface area contributed by atoms with E-state index < -0.39 is 10.0 Å². The number of hydrogen-bond donors (Lipinski definition) is 2. The molecular formula is C9H17NO3S. The Kier molecular flexibility index (Phi) is 3.69. The van der Waals surface area contributed by atoms with Crippen LogP contribution in [0.2, 0.25) is 0 Å². The molecule has 1 rings (SSSR count). The fourth-order valence-electron chi connectivity index (χ4n) is 1.14. The van der Waals surface area contributed by atoms with Crippen molar-refractivity contribution < 1.29 is 13.5 Å². The minimum absolute atomic E-state index is 0.0664. The first-order chi connectivity index (χ1) is 6.54. The highest BCUT2D eigenvalue weighted by Gasteiger charge is 2.42. The second-order valence-corrected chi connectivity index (χ2v) is 5.80. The summed E-state index contributed by atoms with van der Waals surface area (Å²) in [6.07, 6.45) is 3.86. The Balaban J connectivity index is 2.32. The Morgan fingerprint density at radius 3 is 2.57 bits per heavy atom. The lowest BCUT2D eigenvalue weighted by atomic mass is 10.1. The van der Waals surface area contributed by atoms with Crippen molar-refractivity contribution in [3.8, 4) is 0 Å². The van der Waals surface area contributed by atoms with Crippen LogP contribution in [0.1, 0.15) is 19.3 Å². The van der Waals surface area contributed by atoms with Crippen LogP contribution in [-0.4, -0.2) is 32.4 Å². The van der Waals surface area contributed by atoms with Gasteiger partial charge in [-0.25, -0.2) is 13.1 Å². The zero-order chi connectivity index (χ0) is 10.7. The Morgan fingerprint density at radius 1 is 1.50 bits per heavy atom. The number of sulfonamides is 1. The maximum Gasteiger partial charge on any atom is 0.211 e. The Labute approximate surface area is 85.1 Å². The van der Waals surface area contributed by atoms with Crippen LogP contribution in [0.25, 0.3) is 0 Å². The quantitative estimate of drug-likeness (QED) is 0.603. The maximum absolute atomic E-state index is 11.3. The predicted molar refractivity (Wildman–Crippen MR) is 55.4 cm³/mol. The first kappa shape index (κ1) is 11.7. The SMILES string of the molecule is C=CCCS(=O)(=O)NCC1(CO)CC1. The van der Waals surface area contributed by atoms with Gasteiger partial charge >= 0.3 is 0 Å². The average molecular weight is 219 g/mol. The largest absolute Gasteiger partial charge is 0.396 e. The maximum atomic E-state index is 11.3. The molecule has 0 saturated heterocycles. The molecule has 1 aliphatic carbocycles. The minimum Gasteiger partial charge on any atom is -0.396 e. The van der Waals surface area contributed by atoms with Crippen LogP contribution in [0.15, 0.2) is 12.7 Å². The second-order valence-electron chi connectivity index (χ2n) is 3.88. The zero-order valence-electron chi connectivity index (χ0n) is 8.20. The van der Waals surface area contributed by atoms with Gasteiger partial charge in [-0.15, -0.1) is 6.58 Å². The molecule has 2 N–H and O–H groups in total. The molecule has 0 aliphatic heterocycles. The van der Waals surface area contributed by atoms with Crippen LogP contribution < -0.4 is 4.72 Å². The van der Waals surface area contributed by atoms with Gasteiger partial charge in [-0.1, -0.05) is 6.08 Å². The second kappa shape index (κ2) is 4.42. The summed E-state index contributed by atoms with van der Waals surface area (Å²) in [6.45, 7) is 3.90. The fourth-order valence-corrected chi connectivity index (χ4v) is 2.29. The molecule has 0 unspecified atom stereocenters. The van der Waals surface area contributed by atoms with E-state index in [1.165, 1.54) is 0 Å². The van der Waals surface area contributed by atoms with E-state index in [0.717, 1.165) is 12.8 Å². The van der Waals surface area contributed by atoms with Gasteiger partial charge in [0.2, 0.25) is 10.0 Å². The summed E-state index contributed by atoms with van der Waals surface area (Å²) in [5.74, 6) is 0.0814. The lowest BCUT2D eigenvalue weighted by molar-refractivity contribution is 0.213. The summed E-state index contributed by atoms with van der Waals surface area (Å²) in [5, 5.41) is 8.98. The highest BCUT2D eigenvalue weighted by Crippen LogP contribution is 2.44. The summed E-state index contributed by atoms with van der Waals surface area (Å²) in [4.78, 5) is 0. The number of aliphatic hydroxyl groups is 1. The lowest BCUT2D eigenvalue weighted by Crippen LogP contribution is -2.33. The Bertz CT molecular complexity index is 293. The third-order valence-corrected chi connectivity index (χ3v) is 3.91. The van der Waals surface area contributed by atoms with Crippen molar-refractivity contribution in [1.82, 2.24) is 4.72 Å². The fraction of sp³-hybridized carbons (Fsp3) is 0.778. The van der Waals surface area contributed by atoms with Gasteiger partial charge < -0.3 is 5.11 Å². The summed E-state index contributed by atoms with van der Waals surface area (Å²) in [5.41, 5.74) is -0.165. The minimum atomic E-state index is -3.18. The summed E-state index contributed by atoms with van der Waals surface area (Å²) < 4.78 is 25.2. The molecule has 5 heteroatoms. The molecule has 0 aromatic carbocycles. The molecule has 0 radical (unpaired) electrons. The first-order valence-corrected chi connectivity index (χ1v) is 6.38. The number of nitrogens with one attached hydrogen (secondary N) is 1. The Morgan fingerprint density at radius 2 is 2.14 bits per heavy atom. The predicted octanol–water partition coefficient (Wildman–Crippen LogP) is 0.254. The van der Waals surface area contributed by atoms with Crippen LogP contribution in [0.4, 0.5) is 0 Å². The van der Waals surface area contributed by atoms with E-state index in [1.807, 2.05) is 0 Å². The van der Waals surface area contributed by atoms with E-state index in [-0.39, 0.29) is 17.8 Å². The lowest BCUT2D eigenvalue weighted by Gasteiger charge is -2.12. The topological polar surface area (TPSA) is 66.4 Å². The number of hydrogen-bond acceptors (Lipinski definition) is 3. The van der Waals surface area contributed by atoms with Crippen molar-refractivity contribution in [3.63, 3.8) is 0 Å². The van der Waals surface area contributed by atoms with Crippen LogP contribution in [-0.2, 0) is 10.0 Å². The molecule has 14 heavy (non-hydrogen) atoms. The molecule has 4 nitrogen and oxygen atoms in total. The molecule has 82 valence electrons. The van der Waals surface area contributed by atoms with E-state index in [2.05, 4.69) is 11.3 Å². The highest BCUT2D eigenvalue weighted by atomic mass is 32.2. The van der Waals surface area contributed by atoms with Crippen molar-refractivity contribution in [2.24, 2.45) is 5.41 Å². The third-order valence-electron chi connectivity index (χ3n) is 2.55. The van der Waals surface area contributed by atoms with Crippen molar-refractivity contribution in [2.75, 3.05) is 18.9 Å². The number of allylic oxidation sites excluding steroid dienone is 1. The number of rotatable bonds is 7. The van der Waals surface area contributed by atoms with Gasteiger partial charge in [0.1, 0.15) is 0 Å². The van der Waals surface area contributed by atoms with Crippen LogP contribution in [0.3, 0.4) is 0 Å². The molecular weight excluding hydrogens is 202 g/mol. The monoisotopic (exact) mass is 219 g/mol. The van der Waals surface area contributed by atoms with Gasteiger partial charge in [0.05, 0.1) is 5.75 Å². The molecule has 1 fully saturated rings. The summed E-state index contributed by atoms with van der Waals surface area (Å²) >= 11 is 0. The molecule has 0 amide bonds. The van der Waals surface area contributed by atoms with Crippen LogP contribution in [0.5, 0.6) is 0 Å². The number of aliphatic hydroxyl groups excluding tert-OH is 1. The highest BCUT2D eigenvalue weighted by molar-refractivity contribution is 7.89. The van der Waals surface area contributed by atoms with Crippen molar-refractivity contribution in [1.29, 1.82) is 0 Å². The standard InChI is InChI=1S/C9H17NO3S/c1-2-3-6-14(12,13)10-7-9(8-11)4-5-9/h2,10-11H,1,3-8H2. The zero-order valence-corrected chi connectivity index (χ0v) is 9.02. The molecule has 1 aliphatic rings. The van der Waals surface area contributed by atoms with Gasteiger partial charge in [0.15, 0.2) is 0 Å². The van der Waals surface area contributed by atoms with E-state index in [4.69, 9.17) is 5.11 Å². The summed E-state index contributed by atoms with van der Waals surface area (Å²) in [7, 11) is -3.18. The molecule has 0 bridgehead atoms. The van der Waals surface area contributed by atoms with Crippen LogP contribution >= 0.6 is 0 Å². The van der Waals surface area contributed by atoms with Crippen molar-refractivity contribution in [3.05, 3.63) is 12.7 Å². The average Bonchev–Trinajstić information content (AvgIpc) is 2.93. The molecule has 0 heterocycles. The van der Waals surface area contributed by atoms with E-state index >= 15 is 0 Å².